The summed E-state index contributed by atoms with van der Waals surface area (Å²) < 4.78 is 0. The maximum atomic E-state index is 11.6. The second kappa shape index (κ2) is 4.60. The van der Waals surface area contributed by atoms with Crippen molar-refractivity contribution in [3.63, 3.8) is 0 Å². The molecule has 0 saturated heterocycles. The molecule has 3 fully saturated rings. The molecule has 1 heteroatoms. The maximum absolute atomic E-state index is 11.6. The van der Waals surface area contributed by atoms with E-state index in [0.717, 1.165) is 12.3 Å². The molecule has 0 amide bonds. The zero-order chi connectivity index (χ0) is 15.5. The van der Waals surface area contributed by atoms with Crippen LogP contribution in [0, 0.1) is 28.1 Å². The SMILES string of the molecule is C=C[C@@]1(C)CC[C@@]2(C)[C@@H](CC[C@]3(O)[C@@H]2CCCC3(C)C)C1. The molecule has 3 aliphatic rings. The molecule has 0 bridgehead atoms. The Kier molecular flexibility index (Phi) is 3.41. The molecular formula is C20H34O. The van der Waals surface area contributed by atoms with Gasteiger partial charge in [0.15, 0.2) is 0 Å². The van der Waals surface area contributed by atoms with E-state index >= 15 is 0 Å². The Morgan fingerprint density at radius 2 is 1.71 bits per heavy atom. The average Bonchev–Trinajstić information content (AvgIpc) is 2.42. The monoisotopic (exact) mass is 290 g/mol. The summed E-state index contributed by atoms with van der Waals surface area (Å²) in [4.78, 5) is 0. The molecule has 120 valence electrons. The standard InChI is InChI=1S/C20H34O/c1-6-18(4)12-13-19(5)15(14-18)9-11-20(21)16(19)8-7-10-17(20,2)3/h6,15-16,21H,1,7-14H2,2-5H3/t15-,16+,18-,19-,20-/m0/s1. The topological polar surface area (TPSA) is 20.2 Å². The first-order valence-corrected chi connectivity index (χ1v) is 9.03. The van der Waals surface area contributed by atoms with Crippen LogP contribution >= 0.6 is 0 Å². The normalized spacial score (nSPS) is 52.6. The van der Waals surface area contributed by atoms with Crippen LogP contribution in [0.25, 0.3) is 0 Å². The van der Waals surface area contributed by atoms with Crippen molar-refractivity contribution < 1.29 is 5.11 Å². The molecule has 0 aliphatic heterocycles. The summed E-state index contributed by atoms with van der Waals surface area (Å²) in [5.74, 6) is 1.27. The number of fused-ring (bicyclic) bond motifs is 3. The van der Waals surface area contributed by atoms with Crippen LogP contribution in [0.2, 0.25) is 0 Å². The fraction of sp³-hybridized carbons (Fsp3) is 0.900. The largest absolute Gasteiger partial charge is 0.389 e. The number of aliphatic hydroxyl groups is 1. The van der Waals surface area contributed by atoms with Gasteiger partial charge in [0.25, 0.3) is 0 Å². The quantitative estimate of drug-likeness (QED) is 0.647. The van der Waals surface area contributed by atoms with Crippen molar-refractivity contribution in [3.05, 3.63) is 12.7 Å². The van der Waals surface area contributed by atoms with Crippen molar-refractivity contribution in [1.82, 2.24) is 0 Å². The first kappa shape index (κ1) is 15.6. The van der Waals surface area contributed by atoms with Gasteiger partial charge in [-0.05, 0) is 73.0 Å². The molecule has 3 saturated carbocycles. The lowest BCUT2D eigenvalue weighted by Crippen LogP contribution is -2.63. The number of allylic oxidation sites excluding steroid dienone is 1. The fourth-order valence-electron chi connectivity index (χ4n) is 6.19. The van der Waals surface area contributed by atoms with Gasteiger partial charge in [-0.3, -0.25) is 0 Å². The highest BCUT2D eigenvalue weighted by Crippen LogP contribution is 2.66. The summed E-state index contributed by atoms with van der Waals surface area (Å²) >= 11 is 0. The molecule has 5 atom stereocenters. The summed E-state index contributed by atoms with van der Waals surface area (Å²) in [6.07, 6.45) is 11.9. The van der Waals surface area contributed by atoms with Crippen LogP contribution in [0.15, 0.2) is 12.7 Å². The summed E-state index contributed by atoms with van der Waals surface area (Å²) in [7, 11) is 0. The van der Waals surface area contributed by atoms with Gasteiger partial charge in [0.1, 0.15) is 0 Å². The van der Waals surface area contributed by atoms with Crippen LogP contribution in [0.1, 0.15) is 79.1 Å². The van der Waals surface area contributed by atoms with Crippen LogP contribution in [0.5, 0.6) is 0 Å². The van der Waals surface area contributed by atoms with Crippen LogP contribution < -0.4 is 0 Å². The van der Waals surface area contributed by atoms with Crippen molar-refractivity contribution in [3.8, 4) is 0 Å². The number of hydrogen-bond acceptors (Lipinski definition) is 1. The molecule has 1 nitrogen and oxygen atoms in total. The summed E-state index contributed by atoms with van der Waals surface area (Å²) in [5.41, 5.74) is 0.318. The predicted molar refractivity (Wildman–Crippen MR) is 89.1 cm³/mol. The highest BCUT2D eigenvalue weighted by molar-refractivity contribution is 5.14. The van der Waals surface area contributed by atoms with Crippen molar-refractivity contribution in [2.45, 2.75) is 84.7 Å². The van der Waals surface area contributed by atoms with Gasteiger partial charge >= 0.3 is 0 Å². The number of hydrogen-bond donors (Lipinski definition) is 1. The summed E-state index contributed by atoms with van der Waals surface area (Å²) in [5, 5.41) is 11.6. The van der Waals surface area contributed by atoms with Gasteiger partial charge in [-0.2, -0.15) is 0 Å². The van der Waals surface area contributed by atoms with Gasteiger partial charge < -0.3 is 5.11 Å². The van der Waals surface area contributed by atoms with Crippen molar-refractivity contribution >= 4 is 0 Å². The van der Waals surface area contributed by atoms with Crippen LogP contribution in [-0.2, 0) is 0 Å². The van der Waals surface area contributed by atoms with Crippen molar-refractivity contribution in [1.29, 1.82) is 0 Å². The van der Waals surface area contributed by atoms with Crippen molar-refractivity contribution in [2.75, 3.05) is 0 Å². The number of rotatable bonds is 1. The van der Waals surface area contributed by atoms with Crippen molar-refractivity contribution in [2.24, 2.45) is 28.1 Å². The van der Waals surface area contributed by atoms with Gasteiger partial charge in [0, 0.05) is 0 Å². The Hall–Kier alpha value is -0.300. The van der Waals surface area contributed by atoms with E-state index in [2.05, 4.69) is 40.3 Å². The average molecular weight is 290 g/mol. The molecule has 0 unspecified atom stereocenters. The molecular weight excluding hydrogens is 256 g/mol. The molecule has 0 spiro atoms. The molecule has 3 rings (SSSR count). The second-order valence-electron chi connectivity index (χ2n) is 9.56. The van der Waals surface area contributed by atoms with Gasteiger partial charge in [-0.1, -0.05) is 40.2 Å². The van der Waals surface area contributed by atoms with Crippen LogP contribution in [0.3, 0.4) is 0 Å². The predicted octanol–water partition coefficient (Wildman–Crippen LogP) is 5.34. The van der Waals surface area contributed by atoms with Gasteiger partial charge in [-0.15, -0.1) is 6.58 Å². The lowest BCUT2D eigenvalue weighted by molar-refractivity contribution is -0.225. The zero-order valence-electron chi connectivity index (χ0n) is 14.5. The van der Waals surface area contributed by atoms with Crippen LogP contribution in [-0.4, -0.2) is 10.7 Å². The van der Waals surface area contributed by atoms with E-state index in [1.54, 1.807) is 0 Å². The highest BCUT2D eigenvalue weighted by atomic mass is 16.3. The van der Waals surface area contributed by atoms with Gasteiger partial charge in [0.2, 0.25) is 0 Å². The third-order valence-electron chi connectivity index (χ3n) is 8.09. The Labute approximate surface area is 131 Å². The summed E-state index contributed by atoms with van der Waals surface area (Å²) in [6.45, 7) is 13.6. The maximum Gasteiger partial charge on any atom is 0.0731 e. The molecule has 21 heavy (non-hydrogen) atoms. The third kappa shape index (κ3) is 2.06. The molecule has 0 radical (unpaired) electrons. The molecule has 3 aliphatic carbocycles. The molecule has 1 N–H and O–H groups in total. The Balaban J connectivity index is 1.94. The Morgan fingerprint density at radius 3 is 2.38 bits per heavy atom. The van der Waals surface area contributed by atoms with Gasteiger partial charge in [-0.25, -0.2) is 0 Å². The zero-order valence-corrected chi connectivity index (χ0v) is 14.5. The minimum atomic E-state index is -0.432. The minimum absolute atomic E-state index is 0.0864. The first-order valence-electron chi connectivity index (χ1n) is 9.03. The lowest BCUT2D eigenvalue weighted by atomic mass is 9.42. The van der Waals surface area contributed by atoms with E-state index in [1.165, 1.54) is 44.9 Å². The molecule has 0 aromatic carbocycles. The first-order chi connectivity index (χ1) is 9.67. The lowest BCUT2D eigenvalue weighted by Gasteiger charge is -2.65. The van der Waals surface area contributed by atoms with Crippen LogP contribution in [0.4, 0.5) is 0 Å². The highest BCUT2D eigenvalue weighted by Gasteiger charge is 2.62. The summed E-state index contributed by atoms with van der Waals surface area (Å²) in [6, 6.07) is 0. The van der Waals surface area contributed by atoms with Gasteiger partial charge in [0.05, 0.1) is 5.60 Å². The van der Waals surface area contributed by atoms with E-state index in [4.69, 9.17) is 0 Å². The van der Waals surface area contributed by atoms with E-state index in [-0.39, 0.29) is 5.41 Å². The van der Waals surface area contributed by atoms with E-state index in [0.29, 0.717) is 16.7 Å². The molecule has 0 aromatic rings. The Morgan fingerprint density at radius 1 is 1.00 bits per heavy atom. The third-order valence-corrected chi connectivity index (χ3v) is 8.09. The minimum Gasteiger partial charge on any atom is -0.389 e. The Bertz CT molecular complexity index is 439. The molecule has 0 heterocycles. The molecule has 0 aromatic heterocycles. The van der Waals surface area contributed by atoms with E-state index < -0.39 is 5.60 Å². The second-order valence-corrected chi connectivity index (χ2v) is 9.56. The van der Waals surface area contributed by atoms with E-state index in [9.17, 15) is 5.11 Å². The van der Waals surface area contributed by atoms with E-state index in [1.807, 2.05) is 0 Å². The smallest absolute Gasteiger partial charge is 0.0731 e. The fourth-order valence-corrected chi connectivity index (χ4v) is 6.19.